The molecule has 10 N–H and O–H groups in total. The molecule has 37 heavy (non-hydrogen) atoms. The second kappa shape index (κ2) is 12.7. The molecule has 2 heterocycles. The number of benzene rings is 1. The van der Waals surface area contributed by atoms with Crippen molar-refractivity contribution in [1.29, 1.82) is 0 Å². The van der Waals surface area contributed by atoms with Gasteiger partial charge in [-0.3, -0.25) is 19.4 Å². The zero-order valence-electron chi connectivity index (χ0n) is 20.5. The summed E-state index contributed by atoms with van der Waals surface area (Å²) in [6.07, 6.45) is 3.54. The average Bonchev–Trinajstić information content (AvgIpc) is 3.51. The van der Waals surface area contributed by atoms with Crippen molar-refractivity contribution in [3.63, 3.8) is 0 Å². The summed E-state index contributed by atoms with van der Waals surface area (Å²) in [7, 11) is 0. The van der Waals surface area contributed by atoms with E-state index in [9.17, 15) is 24.3 Å². The molecular weight excluding hydrogens is 480 g/mol. The molecular formula is C24H34N8O5. The fraction of sp³-hybridized carbons (Fsp3) is 0.458. The van der Waals surface area contributed by atoms with Crippen molar-refractivity contribution in [2.24, 2.45) is 22.2 Å². The number of carboxylic acids is 1. The van der Waals surface area contributed by atoms with Crippen LogP contribution in [-0.2, 0) is 25.6 Å². The number of aromatic amines is 1. The number of aliphatic carboxylic acids is 1. The summed E-state index contributed by atoms with van der Waals surface area (Å²) in [5.74, 6) is -2.79. The van der Waals surface area contributed by atoms with Crippen LogP contribution >= 0.6 is 0 Å². The van der Waals surface area contributed by atoms with Gasteiger partial charge >= 0.3 is 5.97 Å². The third-order valence-corrected chi connectivity index (χ3v) is 6.27. The summed E-state index contributed by atoms with van der Waals surface area (Å²) in [6.45, 7) is 0.139. The van der Waals surface area contributed by atoms with Crippen LogP contribution in [0.5, 0.6) is 0 Å². The molecule has 1 fully saturated rings. The molecule has 13 nitrogen and oxygen atoms in total. The van der Waals surface area contributed by atoms with Gasteiger partial charge in [0, 0.05) is 30.2 Å². The number of likely N-dealkylation sites (tertiary alicyclic amines) is 1. The summed E-state index contributed by atoms with van der Waals surface area (Å²) in [6, 6.07) is 4.84. The molecule has 13 heteroatoms. The number of carbonyl (C=O) groups excluding carboxylic acids is 3. The number of rotatable bonds is 12. The largest absolute Gasteiger partial charge is 0.480 e. The van der Waals surface area contributed by atoms with Crippen LogP contribution in [0.1, 0.15) is 31.2 Å². The Morgan fingerprint density at radius 2 is 1.97 bits per heavy atom. The minimum Gasteiger partial charge on any atom is -0.480 e. The van der Waals surface area contributed by atoms with Crippen LogP contribution in [0, 0.1) is 0 Å². The number of para-hydroxylation sites is 1. The number of guanidine groups is 1. The molecule has 3 amide bonds. The molecule has 3 rings (SSSR count). The van der Waals surface area contributed by atoms with Crippen molar-refractivity contribution in [2.75, 3.05) is 19.6 Å². The Labute approximate surface area is 213 Å². The molecule has 1 aromatic carbocycles. The fourth-order valence-corrected chi connectivity index (χ4v) is 4.42. The highest BCUT2D eigenvalue weighted by Crippen LogP contribution is 2.20. The molecule has 3 unspecified atom stereocenters. The minimum absolute atomic E-state index is 0.0934. The van der Waals surface area contributed by atoms with E-state index in [1.165, 1.54) is 4.90 Å². The van der Waals surface area contributed by atoms with E-state index < -0.39 is 41.8 Å². The Balaban J connectivity index is 1.56. The molecule has 1 aliphatic rings. The van der Waals surface area contributed by atoms with Gasteiger partial charge in [0.05, 0.1) is 12.6 Å². The highest BCUT2D eigenvalue weighted by Gasteiger charge is 2.37. The Morgan fingerprint density at radius 3 is 2.70 bits per heavy atom. The van der Waals surface area contributed by atoms with Crippen LogP contribution in [0.3, 0.4) is 0 Å². The molecule has 3 atom stereocenters. The second-order valence-corrected chi connectivity index (χ2v) is 8.98. The van der Waals surface area contributed by atoms with Gasteiger partial charge in [-0.1, -0.05) is 18.2 Å². The predicted molar refractivity (Wildman–Crippen MR) is 137 cm³/mol. The predicted octanol–water partition coefficient (Wildman–Crippen LogP) is -1.23. The van der Waals surface area contributed by atoms with Gasteiger partial charge in [0.1, 0.15) is 12.1 Å². The van der Waals surface area contributed by atoms with Gasteiger partial charge in [0.2, 0.25) is 17.7 Å². The first-order valence-corrected chi connectivity index (χ1v) is 12.1. The van der Waals surface area contributed by atoms with E-state index in [1.807, 2.05) is 24.3 Å². The highest BCUT2D eigenvalue weighted by atomic mass is 16.4. The van der Waals surface area contributed by atoms with Gasteiger partial charge in [0.25, 0.3) is 0 Å². The molecule has 1 saturated heterocycles. The zero-order valence-corrected chi connectivity index (χ0v) is 20.5. The average molecular weight is 515 g/mol. The highest BCUT2D eigenvalue weighted by molar-refractivity contribution is 5.93. The van der Waals surface area contributed by atoms with E-state index in [0.717, 1.165) is 16.5 Å². The first kappa shape index (κ1) is 27.5. The van der Waals surface area contributed by atoms with Gasteiger partial charge in [0.15, 0.2) is 5.96 Å². The van der Waals surface area contributed by atoms with Crippen LogP contribution < -0.4 is 27.8 Å². The van der Waals surface area contributed by atoms with E-state index >= 15 is 0 Å². The Bertz CT molecular complexity index is 1160. The third-order valence-electron chi connectivity index (χ3n) is 6.27. The number of hydrogen-bond donors (Lipinski definition) is 7. The van der Waals surface area contributed by atoms with Gasteiger partial charge in [-0.15, -0.1) is 0 Å². The monoisotopic (exact) mass is 514 g/mol. The van der Waals surface area contributed by atoms with Gasteiger partial charge in [-0.05, 0) is 43.7 Å². The second-order valence-electron chi connectivity index (χ2n) is 8.98. The summed E-state index contributed by atoms with van der Waals surface area (Å²) in [5, 5.41) is 15.5. The number of nitrogens with one attached hydrogen (secondary N) is 3. The number of fused-ring (bicyclic) bond motifs is 1. The molecule has 1 aromatic heterocycles. The number of nitrogens with zero attached hydrogens (tertiary/aromatic N) is 2. The molecule has 1 aliphatic heterocycles. The lowest BCUT2D eigenvalue weighted by atomic mass is 10.1. The maximum Gasteiger partial charge on any atom is 0.326 e. The molecule has 0 spiro atoms. The Hall–Kier alpha value is -4.13. The lowest BCUT2D eigenvalue weighted by Gasteiger charge is -2.27. The van der Waals surface area contributed by atoms with Crippen LogP contribution in [0.15, 0.2) is 35.5 Å². The summed E-state index contributed by atoms with van der Waals surface area (Å²) < 4.78 is 0. The van der Waals surface area contributed by atoms with Crippen molar-refractivity contribution in [3.8, 4) is 0 Å². The Morgan fingerprint density at radius 1 is 1.22 bits per heavy atom. The number of nitrogens with two attached hydrogens (primary N) is 3. The minimum atomic E-state index is -1.09. The number of carbonyl (C=O) groups is 4. The van der Waals surface area contributed by atoms with Gasteiger partial charge in [-0.2, -0.15) is 0 Å². The smallest absolute Gasteiger partial charge is 0.326 e. The molecule has 0 radical (unpaired) electrons. The zero-order chi connectivity index (χ0) is 26.9. The SMILES string of the molecule is NC(N)=NCCCC(NC(=O)CNC(=O)C(N)Cc1c[nH]c2ccccc12)C(=O)N1CCCC1C(=O)O. The third kappa shape index (κ3) is 7.43. The molecule has 0 saturated carbocycles. The summed E-state index contributed by atoms with van der Waals surface area (Å²) >= 11 is 0. The van der Waals surface area contributed by atoms with Gasteiger partial charge in [-0.25, -0.2) is 4.79 Å². The first-order chi connectivity index (χ1) is 17.7. The van der Waals surface area contributed by atoms with Crippen molar-refractivity contribution >= 4 is 40.6 Å². The van der Waals surface area contributed by atoms with Crippen LogP contribution in [0.4, 0.5) is 0 Å². The number of H-pyrrole nitrogens is 1. The number of aromatic nitrogens is 1. The van der Waals surface area contributed by atoms with Crippen LogP contribution in [0.25, 0.3) is 10.9 Å². The quantitative estimate of drug-likeness (QED) is 0.103. The van der Waals surface area contributed by atoms with Crippen molar-refractivity contribution in [1.82, 2.24) is 20.5 Å². The van der Waals surface area contributed by atoms with E-state index in [0.29, 0.717) is 19.3 Å². The number of amides is 3. The molecule has 2 aromatic rings. The summed E-state index contributed by atoms with van der Waals surface area (Å²) in [5.41, 5.74) is 18.5. The molecule has 0 aliphatic carbocycles. The fourth-order valence-electron chi connectivity index (χ4n) is 4.42. The summed E-state index contributed by atoms with van der Waals surface area (Å²) in [4.78, 5) is 58.1. The molecule has 200 valence electrons. The van der Waals surface area contributed by atoms with Gasteiger partial charge < -0.3 is 42.8 Å². The van der Waals surface area contributed by atoms with E-state index in [4.69, 9.17) is 17.2 Å². The van der Waals surface area contributed by atoms with Crippen LogP contribution in [0.2, 0.25) is 0 Å². The normalized spacial score (nSPS) is 16.7. The maximum atomic E-state index is 13.1. The first-order valence-electron chi connectivity index (χ1n) is 12.1. The van der Waals surface area contributed by atoms with E-state index in [1.54, 1.807) is 6.20 Å². The van der Waals surface area contributed by atoms with Crippen molar-refractivity contribution in [3.05, 3.63) is 36.0 Å². The molecule has 0 bridgehead atoms. The van der Waals surface area contributed by atoms with E-state index in [2.05, 4.69) is 20.6 Å². The lowest BCUT2D eigenvalue weighted by Crippen LogP contribution is -2.54. The van der Waals surface area contributed by atoms with Crippen molar-refractivity contribution < 1.29 is 24.3 Å². The topological polar surface area (TPSA) is 222 Å². The van der Waals surface area contributed by atoms with Crippen LogP contribution in [-0.4, -0.2) is 82.4 Å². The lowest BCUT2D eigenvalue weighted by molar-refractivity contribution is -0.149. The Kier molecular flexibility index (Phi) is 9.44. The standard InChI is InChI=1S/C24H34N8O5/c25-16(11-14-12-29-17-6-2-1-5-15(14)17)21(34)30-13-20(33)31-18(7-3-9-28-24(26)27)22(35)32-10-4-8-19(32)23(36)37/h1-2,5-6,12,16,18-19,29H,3-4,7-11,13,25H2,(H,30,34)(H,31,33)(H,36,37)(H4,26,27,28). The number of carboxylic acid groups (broad SMARTS) is 1. The number of hydrogen-bond acceptors (Lipinski definition) is 6. The van der Waals surface area contributed by atoms with Crippen molar-refractivity contribution in [2.45, 2.75) is 50.2 Å². The number of aliphatic imine (C=N–C) groups is 1. The van der Waals surface area contributed by atoms with E-state index in [-0.39, 0.29) is 38.4 Å². The maximum absolute atomic E-state index is 13.1.